The highest BCUT2D eigenvalue weighted by atomic mass is 35.5. The van der Waals surface area contributed by atoms with Crippen molar-refractivity contribution in [1.29, 1.82) is 0 Å². The monoisotopic (exact) mass is 414 g/mol. The lowest BCUT2D eigenvalue weighted by Gasteiger charge is -2.22. The second-order valence-electron chi connectivity index (χ2n) is 6.96. The van der Waals surface area contributed by atoms with Gasteiger partial charge in [0.15, 0.2) is 0 Å². The first-order valence-electron chi connectivity index (χ1n) is 9.31. The Balaban J connectivity index is 2.13. The summed E-state index contributed by atoms with van der Waals surface area (Å²) >= 11 is 5.99. The number of carbonyl (C=O) groups excluding carboxylic acids is 2. The Kier molecular flexibility index (Phi) is 6.25. The number of imide groups is 1. The van der Waals surface area contributed by atoms with E-state index >= 15 is 0 Å². The summed E-state index contributed by atoms with van der Waals surface area (Å²) in [5, 5.41) is 9.89. The maximum absolute atomic E-state index is 13.4. The highest BCUT2D eigenvalue weighted by Crippen LogP contribution is 2.38. The molecule has 0 aliphatic carbocycles. The molecule has 0 unspecified atom stereocenters. The topological polar surface area (TPSA) is 70.1 Å². The Hall–Kier alpha value is -2.83. The van der Waals surface area contributed by atoms with Gasteiger partial charge in [0.1, 0.15) is 11.4 Å². The number of benzene rings is 2. The molecule has 2 aromatic carbocycles. The van der Waals surface area contributed by atoms with E-state index < -0.39 is 11.8 Å². The number of aliphatic hydroxyl groups is 1. The van der Waals surface area contributed by atoms with Gasteiger partial charge in [0, 0.05) is 18.6 Å². The molecular formula is C22H23ClN2O4. The molecule has 0 radical (unpaired) electrons. The third-order valence-corrected chi connectivity index (χ3v) is 4.73. The SMILES string of the molecule is CC(C)Oc1ccccc1N1C(=O)C(c2ccc(Cl)cc2)=C(N(C)CCO)C1=O. The summed E-state index contributed by atoms with van der Waals surface area (Å²) in [5.41, 5.74) is 1.46. The molecule has 0 atom stereocenters. The second kappa shape index (κ2) is 8.68. The van der Waals surface area contributed by atoms with Crippen molar-refractivity contribution in [3.05, 3.63) is 64.8 Å². The maximum atomic E-state index is 13.4. The zero-order valence-electron chi connectivity index (χ0n) is 16.6. The number of aliphatic hydroxyl groups excluding tert-OH is 1. The first kappa shape index (κ1) is 20.9. The molecule has 0 bridgehead atoms. The standard InChI is InChI=1S/C22H23ClN2O4/c1-14(2)29-18-7-5-4-6-17(18)25-21(27)19(15-8-10-16(23)11-9-15)20(22(25)28)24(3)12-13-26/h4-11,14,26H,12-13H2,1-3H3. The molecule has 1 heterocycles. The summed E-state index contributed by atoms with van der Waals surface area (Å²) in [4.78, 5) is 29.5. The predicted molar refractivity (Wildman–Crippen MR) is 113 cm³/mol. The summed E-state index contributed by atoms with van der Waals surface area (Å²) in [6.07, 6.45) is -0.121. The van der Waals surface area contributed by atoms with Gasteiger partial charge in [-0.2, -0.15) is 0 Å². The zero-order chi connectivity index (χ0) is 21.1. The molecule has 3 rings (SSSR count). The van der Waals surface area contributed by atoms with Crippen LogP contribution in [0.3, 0.4) is 0 Å². The molecule has 0 saturated heterocycles. The third kappa shape index (κ3) is 4.13. The van der Waals surface area contributed by atoms with Crippen molar-refractivity contribution in [3.8, 4) is 5.75 Å². The van der Waals surface area contributed by atoms with Crippen molar-refractivity contribution in [2.24, 2.45) is 0 Å². The molecule has 1 N–H and O–H groups in total. The van der Waals surface area contributed by atoms with E-state index in [-0.39, 0.29) is 30.5 Å². The molecule has 7 heteroatoms. The van der Waals surface area contributed by atoms with Crippen LogP contribution < -0.4 is 9.64 Å². The van der Waals surface area contributed by atoms with Crippen molar-refractivity contribution in [3.63, 3.8) is 0 Å². The lowest BCUT2D eigenvalue weighted by molar-refractivity contribution is -0.120. The van der Waals surface area contributed by atoms with E-state index in [0.29, 0.717) is 22.0 Å². The van der Waals surface area contributed by atoms with Crippen LogP contribution in [0.5, 0.6) is 5.75 Å². The Labute approximate surface area is 174 Å². The summed E-state index contributed by atoms with van der Waals surface area (Å²) < 4.78 is 5.82. The maximum Gasteiger partial charge on any atom is 0.282 e. The average molecular weight is 415 g/mol. The lowest BCUT2D eigenvalue weighted by atomic mass is 10.0. The first-order chi connectivity index (χ1) is 13.8. The zero-order valence-corrected chi connectivity index (χ0v) is 17.3. The van der Waals surface area contributed by atoms with Crippen LogP contribution in [-0.4, -0.2) is 48.1 Å². The van der Waals surface area contributed by atoms with Gasteiger partial charge in [0.2, 0.25) is 0 Å². The van der Waals surface area contributed by atoms with Crippen molar-refractivity contribution in [2.75, 3.05) is 25.1 Å². The van der Waals surface area contributed by atoms with Crippen LogP contribution in [0.1, 0.15) is 19.4 Å². The van der Waals surface area contributed by atoms with Crippen molar-refractivity contribution >= 4 is 34.7 Å². The molecule has 0 saturated carbocycles. The summed E-state index contributed by atoms with van der Waals surface area (Å²) in [5.74, 6) is -0.460. The Morgan fingerprint density at radius 3 is 2.34 bits per heavy atom. The molecule has 1 aliphatic rings. The number of hydrogen-bond donors (Lipinski definition) is 1. The first-order valence-corrected chi connectivity index (χ1v) is 9.69. The minimum Gasteiger partial charge on any atom is -0.489 e. The molecule has 0 spiro atoms. The van der Waals surface area contributed by atoms with Crippen molar-refractivity contribution in [2.45, 2.75) is 20.0 Å². The molecule has 0 aromatic heterocycles. The molecule has 6 nitrogen and oxygen atoms in total. The van der Waals surface area contributed by atoms with E-state index in [4.69, 9.17) is 16.3 Å². The fourth-order valence-corrected chi connectivity index (χ4v) is 3.35. The fraction of sp³-hybridized carbons (Fsp3) is 0.273. The van der Waals surface area contributed by atoms with Gasteiger partial charge in [-0.3, -0.25) is 9.59 Å². The van der Waals surface area contributed by atoms with E-state index in [2.05, 4.69) is 0 Å². The van der Waals surface area contributed by atoms with Crippen LogP contribution in [-0.2, 0) is 9.59 Å². The minimum absolute atomic E-state index is 0.121. The van der Waals surface area contributed by atoms with Crippen LogP contribution >= 0.6 is 11.6 Å². The highest BCUT2D eigenvalue weighted by molar-refractivity contribution is 6.45. The second-order valence-corrected chi connectivity index (χ2v) is 7.39. The number of halogens is 1. The summed E-state index contributed by atoms with van der Waals surface area (Å²) in [6, 6.07) is 13.7. The van der Waals surface area contributed by atoms with Crippen LogP contribution in [0.2, 0.25) is 5.02 Å². The van der Waals surface area contributed by atoms with Gasteiger partial charge in [0.05, 0.1) is 24.0 Å². The van der Waals surface area contributed by atoms with Crippen LogP contribution in [0.15, 0.2) is 54.2 Å². The number of rotatable bonds is 7. The fourth-order valence-electron chi connectivity index (χ4n) is 3.23. The van der Waals surface area contributed by atoms with Crippen LogP contribution in [0, 0.1) is 0 Å². The summed E-state index contributed by atoms with van der Waals surface area (Å²) in [6.45, 7) is 3.82. The number of nitrogens with zero attached hydrogens (tertiary/aromatic N) is 2. The number of ether oxygens (including phenoxy) is 1. The molecule has 1 aliphatic heterocycles. The Bertz CT molecular complexity index is 954. The van der Waals surface area contributed by atoms with Gasteiger partial charge in [0.25, 0.3) is 11.8 Å². The molecule has 2 aromatic rings. The quantitative estimate of drug-likeness (QED) is 0.704. The number of amides is 2. The van der Waals surface area contributed by atoms with E-state index in [1.807, 2.05) is 13.8 Å². The van der Waals surface area contributed by atoms with Gasteiger partial charge < -0.3 is 14.7 Å². The van der Waals surface area contributed by atoms with Crippen molar-refractivity contribution < 1.29 is 19.4 Å². The number of anilines is 1. The summed E-state index contributed by atoms with van der Waals surface area (Å²) in [7, 11) is 1.67. The third-order valence-electron chi connectivity index (χ3n) is 4.48. The van der Waals surface area contributed by atoms with Crippen LogP contribution in [0.25, 0.3) is 5.57 Å². The molecular weight excluding hydrogens is 392 g/mol. The smallest absolute Gasteiger partial charge is 0.282 e. The van der Waals surface area contributed by atoms with E-state index in [9.17, 15) is 14.7 Å². The van der Waals surface area contributed by atoms with Gasteiger partial charge in [-0.1, -0.05) is 35.9 Å². The lowest BCUT2D eigenvalue weighted by Crippen LogP contribution is -2.35. The van der Waals surface area contributed by atoms with Gasteiger partial charge in [-0.05, 0) is 43.7 Å². The number of likely N-dealkylation sites (N-methyl/N-ethyl adjacent to an activating group) is 1. The normalized spacial score (nSPS) is 14.2. The predicted octanol–water partition coefficient (Wildman–Crippen LogP) is 3.34. The number of para-hydroxylation sites is 2. The Morgan fingerprint density at radius 1 is 1.07 bits per heavy atom. The molecule has 2 amide bonds. The largest absolute Gasteiger partial charge is 0.489 e. The molecule has 0 fully saturated rings. The van der Waals surface area contributed by atoms with E-state index in [1.165, 1.54) is 0 Å². The number of hydrogen-bond acceptors (Lipinski definition) is 5. The van der Waals surface area contributed by atoms with Gasteiger partial charge in [-0.25, -0.2) is 4.90 Å². The van der Waals surface area contributed by atoms with Crippen molar-refractivity contribution in [1.82, 2.24) is 4.90 Å². The average Bonchev–Trinajstić information content (AvgIpc) is 2.93. The van der Waals surface area contributed by atoms with E-state index in [0.717, 1.165) is 4.90 Å². The Morgan fingerprint density at radius 2 is 1.72 bits per heavy atom. The van der Waals surface area contributed by atoms with E-state index in [1.54, 1.807) is 60.5 Å². The molecule has 152 valence electrons. The van der Waals surface area contributed by atoms with Gasteiger partial charge in [-0.15, -0.1) is 0 Å². The molecule has 29 heavy (non-hydrogen) atoms. The number of carbonyl (C=O) groups is 2. The highest BCUT2D eigenvalue weighted by Gasteiger charge is 2.42. The van der Waals surface area contributed by atoms with Crippen LogP contribution in [0.4, 0.5) is 5.69 Å². The van der Waals surface area contributed by atoms with Gasteiger partial charge >= 0.3 is 0 Å². The minimum atomic E-state index is -0.462.